The van der Waals surface area contributed by atoms with E-state index in [4.69, 9.17) is 15.6 Å². The first-order valence-electron chi connectivity index (χ1n) is 5.97. The molecule has 3 N–H and O–H groups in total. The monoisotopic (exact) mass is 236 g/mol. The number of nitrogens with two attached hydrogens (primary N) is 1. The van der Waals surface area contributed by atoms with E-state index in [2.05, 4.69) is 18.7 Å². The number of anilines is 2. The molecule has 1 aliphatic heterocycles. The van der Waals surface area contributed by atoms with Gasteiger partial charge in [0.1, 0.15) is 17.0 Å². The van der Waals surface area contributed by atoms with Gasteiger partial charge in [0, 0.05) is 13.2 Å². The molecule has 4 heteroatoms. The number of nitrogens with zero attached hydrogens (tertiary/aromatic N) is 1. The zero-order valence-electron chi connectivity index (χ0n) is 10.4. The Morgan fingerprint density at radius 1 is 1.47 bits per heavy atom. The first-order chi connectivity index (χ1) is 8.03. The first-order valence-corrected chi connectivity index (χ1v) is 5.97. The lowest BCUT2D eigenvalue weighted by Crippen LogP contribution is -2.47. The lowest BCUT2D eigenvalue weighted by molar-refractivity contribution is 0.104. The lowest BCUT2D eigenvalue weighted by Gasteiger charge is -2.41. The number of aliphatic hydroxyl groups is 1. The van der Waals surface area contributed by atoms with Crippen molar-refractivity contribution >= 4 is 11.4 Å². The number of hydrogen-bond acceptors (Lipinski definition) is 4. The highest BCUT2D eigenvalue weighted by Gasteiger charge is 2.32. The van der Waals surface area contributed by atoms with Crippen LogP contribution in [0, 0.1) is 0 Å². The molecule has 0 bridgehead atoms. The lowest BCUT2D eigenvalue weighted by atomic mass is 10.0. The summed E-state index contributed by atoms with van der Waals surface area (Å²) in [7, 11) is 0. The summed E-state index contributed by atoms with van der Waals surface area (Å²) < 4.78 is 5.93. The third kappa shape index (κ3) is 2.47. The van der Waals surface area contributed by atoms with Crippen molar-refractivity contribution in [3.05, 3.63) is 18.2 Å². The van der Waals surface area contributed by atoms with Crippen molar-refractivity contribution in [3.63, 3.8) is 0 Å². The zero-order valence-corrected chi connectivity index (χ0v) is 10.4. The van der Waals surface area contributed by atoms with E-state index in [9.17, 15) is 0 Å². The molecule has 0 fully saturated rings. The smallest absolute Gasteiger partial charge is 0.145 e. The molecule has 94 valence electrons. The predicted molar refractivity (Wildman–Crippen MR) is 69.5 cm³/mol. The summed E-state index contributed by atoms with van der Waals surface area (Å²) in [5.41, 5.74) is 7.47. The topological polar surface area (TPSA) is 58.7 Å². The van der Waals surface area contributed by atoms with Gasteiger partial charge in [0.05, 0.1) is 12.2 Å². The Labute approximate surface area is 102 Å². The summed E-state index contributed by atoms with van der Waals surface area (Å²) in [5, 5.41) is 8.96. The Morgan fingerprint density at radius 2 is 2.24 bits per heavy atom. The van der Waals surface area contributed by atoms with Crippen molar-refractivity contribution in [1.82, 2.24) is 0 Å². The van der Waals surface area contributed by atoms with Gasteiger partial charge in [-0.15, -0.1) is 0 Å². The molecule has 17 heavy (non-hydrogen) atoms. The Hall–Kier alpha value is -1.42. The third-order valence-electron chi connectivity index (χ3n) is 2.89. The molecule has 4 nitrogen and oxygen atoms in total. The SMILES string of the molecule is CC1(C)CN(CCCO)c2c(N)cccc2O1. The highest BCUT2D eigenvalue weighted by Crippen LogP contribution is 2.40. The van der Waals surface area contributed by atoms with E-state index in [1.54, 1.807) is 0 Å². The maximum atomic E-state index is 8.96. The van der Waals surface area contributed by atoms with Crippen LogP contribution in [-0.2, 0) is 0 Å². The van der Waals surface area contributed by atoms with E-state index < -0.39 is 0 Å². The highest BCUT2D eigenvalue weighted by atomic mass is 16.5. The van der Waals surface area contributed by atoms with Crippen LogP contribution in [0.4, 0.5) is 11.4 Å². The van der Waals surface area contributed by atoms with Gasteiger partial charge >= 0.3 is 0 Å². The fraction of sp³-hybridized carbons (Fsp3) is 0.538. The summed E-state index contributed by atoms with van der Waals surface area (Å²) in [6, 6.07) is 5.73. The van der Waals surface area contributed by atoms with Crippen molar-refractivity contribution in [2.75, 3.05) is 30.3 Å². The fourth-order valence-electron chi connectivity index (χ4n) is 2.28. The van der Waals surface area contributed by atoms with Crippen LogP contribution in [0.15, 0.2) is 18.2 Å². The largest absolute Gasteiger partial charge is 0.484 e. The van der Waals surface area contributed by atoms with Crippen LogP contribution < -0.4 is 15.4 Å². The quantitative estimate of drug-likeness (QED) is 0.783. The molecule has 1 heterocycles. The molecule has 0 aliphatic carbocycles. The van der Waals surface area contributed by atoms with E-state index in [0.29, 0.717) is 0 Å². The second-order valence-corrected chi connectivity index (χ2v) is 5.05. The van der Waals surface area contributed by atoms with Gasteiger partial charge in [-0.3, -0.25) is 0 Å². The first kappa shape index (κ1) is 12.0. The normalized spacial score (nSPS) is 17.5. The van der Waals surface area contributed by atoms with Gasteiger partial charge in [0.25, 0.3) is 0 Å². The average Bonchev–Trinajstić information content (AvgIpc) is 2.24. The van der Waals surface area contributed by atoms with Gasteiger partial charge in [0.15, 0.2) is 0 Å². The number of nitrogen functional groups attached to an aromatic ring is 1. The number of para-hydroxylation sites is 1. The van der Waals surface area contributed by atoms with Crippen LogP contribution in [0.5, 0.6) is 5.75 Å². The van der Waals surface area contributed by atoms with Gasteiger partial charge < -0.3 is 20.5 Å². The summed E-state index contributed by atoms with van der Waals surface area (Å²) >= 11 is 0. The molecule has 0 saturated heterocycles. The number of hydrogen-bond donors (Lipinski definition) is 2. The van der Waals surface area contributed by atoms with Crippen LogP contribution in [0.1, 0.15) is 20.3 Å². The molecule has 0 unspecified atom stereocenters. The number of benzene rings is 1. The Morgan fingerprint density at radius 3 is 2.94 bits per heavy atom. The minimum Gasteiger partial charge on any atom is -0.484 e. The highest BCUT2D eigenvalue weighted by molar-refractivity contribution is 5.76. The molecular weight excluding hydrogens is 216 g/mol. The Bertz CT molecular complexity index is 404. The summed E-state index contributed by atoms with van der Waals surface area (Å²) in [6.45, 7) is 5.90. The van der Waals surface area contributed by atoms with Crippen LogP contribution in [0.25, 0.3) is 0 Å². The number of fused-ring (bicyclic) bond motifs is 1. The van der Waals surface area contributed by atoms with Crippen LogP contribution in [-0.4, -0.2) is 30.4 Å². The minimum atomic E-state index is -0.226. The van der Waals surface area contributed by atoms with Crippen LogP contribution in [0.2, 0.25) is 0 Å². The number of rotatable bonds is 3. The van der Waals surface area contributed by atoms with Crippen molar-refractivity contribution in [1.29, 1.82) is 0 Å². The van der Waals surface area contributed by atoms with E-state index in [0.717, 1.165) is 36.6 Å². The standard InChI is InChI=1S/C13H20N2O2/c1-13(2)9-15(7-4-8-16)12-10(14)5-3-6-11(12)17-13/h3,5-6,16H,4,7-9,14H2,1-2H3. The van der Waals surface area contributed by atoms with Crippen molar-refractivity contribution in [2.24, 2.45) is 0 Å². The third-order valence-corrected chi connectivity index (χ3v) is 2.89. The molecule has 0 radical (unpaired) electrons. The average molecular weight is 236 g/mol. The van der Waals surface area contributed by atoms with Gasteiger partial charge in [-0.2, -0.15) is 0 Å². The molecule has 2 rings (SSSR count). The second kappa shape index (κ2) is 4.45. The predicted octanol–water partition coefficient (Wildman–Crippen LogP) is 1.63. The molecule has 0 atom stereocenters. The Kier molecular flexibility index (Phi) is 3.15. The van der Waals surface area contributed by atoms with Crippen molar-refractivity contribution in [2.45, 2.75) is 25.9 Å². The molecular formula is C13H20N2O2. The summed E-state index contributed by atoms with van der Waals surface area (Å²) in [4.78, 5) is 2.20. The van der Waals surface area contributed by atoms with Crippen molar-refractivity contribution < 1.29 is 9.84 Å². The summed E-state index contributed by atoms with van der Waals surface area (Å²) in [5.74, 6) is 0.833. The van der Waals surface area contributed by atoms with E-state index in [1.165, 1.54) is 0 Å². The molecule has 0 saturated carbocycles. The molecule has 0 amide bonds. The number of aliphatic hydroxyl groups excluding tert-OH is 1. The van der Waals surface area contributed by atoms with E-state index >= 15 is 0 Å². The van der Waals surface area contributed by atoms with E-state index in [-0.39, 0.29) is 12.2 Å². The second-order valence-electron chi connectivity index (χ2n) is 5.05. The Balaban J connectivity index is 2.34. The molecule has 0 aromatic heterocycles. The fourth-order valence-corrected chi connectivity index (χ4v) is 2.28. The summed E-state index contributed by atoms with van der Waals surface area (Å²) in [6.07, 6.45) is 0.740. The zero-order chi connectivity index (χ0) is 12.5. The van der Waals surface area contributed by atoms with Crippen molar-refractivity contribution in [3.8, 4) is 5.75 Å². The molecule has 0 spiro atoms. The van der Waals surface area contributed by atoms with Crippen LogP contribution >= 0.6 is 0 Å². The van der Waals surface area contributed by atoms with Gasteiger partial charge in [-0.25, -0.2) is 0 Å². The molecule has 1 aromatic rings. The van der Waals surface area contributed by atoms with Gasteiger partial charge in [-0.1, -0.05) is 6.07 Å². The maximum absolute atomic E-state index is 8.96. The van der Waals surface area contributed by atoms with Crippen LogP contribution in [0.3, 0.4) is 0 Å². The molecule has 1 aliphatic rings. The maximum Gasteiger partial charge on any atom is 0.145 e. The minimum absolute atomic E-state index is 0.194. The van der Waals surface area contributed by atoms with Gasteiger partial charge in [0.2, 0.25) is 0 Å². The van der Waals surface area contributed by atoms with E-state index in [1.807, 2.05) is 18.2 Å². The number of ether oxygens (including phenoxy) is 1. The van der Waals surface area contributed by atoms with Gasteiger partial charge in [-0.05, 0) is 32.4 Å². The molecule has 1 aromatic carbocycles.